The molecule has 0 bridgehead atoms. The van der Waals surface area contributed by atoms with Crippen LogP contribution < -0.4 is 54.6 Å². The van der Waals surface area contributed by atoms with Gasteiger partial charge in [0.25, 0.3) is 0 Å². The summed E-state index contributed by atoms with van der Waals surface area (Å²) in [5.41, 5.74) is 28.3. The first kappa shape index (κ1) is 38.2. The molecule has 12 heteroatoms. The summed E-state index contributed by atoms with van der Waals surface area (Å²) in [6.45, 7) is 0. The van der Waals surface area contributed by atoms with Crippen molar-refractivity contribution in [3.8, 4) is 44.8 Å². The molecule has 0 aliphatic rings. The van der Waals surface area contributed by atoms with Crippen molar-refractivity contribution in [3.63, 3.8) is 0 Å². The van der Waals surface area contributed by atoms with E-state index < -0.39 is 0 Å². The largest absolute Gasteiger partial charge is 0.310 e. The van der Waals surface area contributed by atoms with Crippen LogP contribution in [0.25, 0.3) is 88.4 Å². The van der Waals surface area contributed by atoms with E-state index in [0.717, 1.165) is 0 Å². The van der Waals surface area contributed by atoms with Gasteiger partial charge < -0.3 is 9.13 Å². The lowest BCUT2D eigenvalue weighted by molar-refractivity contribution is 1.19. The summed E-state index contributed by atoms with van der Waals surface area (Å²) in [6, 6.07) is 49.3. The average Bonchev–Trinajstić information content (AvgIpc) is 3.83. The quantitative estimate of drug-likeness (QED) is 0.157. The van der Waals surface area contributed by atoms with Gasteiger partial charge in [-0.2, -0.15) is 0 Å². The molecule has 10 aromatic rings. The van der Waals surface area contributed by atoms with Crippen LogP contribution in [0.5, 0.6) is 0 Å². The fourth-order valence-electron chi connectivity index (χ4n) is 10.6. The van der Waals surface area contributed by atoms with Crippen LogP contribution in [0.15, 0.2) is 133 Å². The normalized spacial score (nSPS) is 11.7. The lowest BCUT2D eigenvalue weighted by Gasteiger charge is -2.19. The number of benzene rings is 8. The van der Waals surface area contributed by atoms with Gasteiger partial charge in [-0.15, -0.1) is 0 Å². The van der Waals surface area contributed by atoms with E-state index in [1.165, 1.54) is 143 Å². The Bertz CT molecular complexity index is 3410. The molecule has 0 atom stereocenters. The zero-order valence-corrected chi connectivity index (χ0v) is 36.6. The van der Waals surface area contributed by atoms with Gasteiger partial charge in [-0.1, -0.05) is 170 Å². The molecule has 0 saturated carbocycles. The lowest BCUT2D eigenvalue weighted by atomic mass is 9.70. The van der Waals surface area contributed by atoms with Crippen LogP contribution in [-0.2, 0) is 0 Å². The van der Waals surface area contributed by atoms with Crippen LogP contribution in [-0.4, -0.2) is 87.6 Å². The van der Waals surface area contributed by atoms with Crippen molar-refractivity contribution in [1.29, 1.82) is 0 Å². The highest BCUT2D eigenvalue weighted by molar-refractivity contribution is 6.63. The predicted octanol–water partition coefficient (Wildman–Crippen LogP) is -4.53. The molecule has 60 heavy (non-hydrogen) atoms. The minimum absolute atomic E-state index is 1.19. The van der Waals surface area contributed by atoms with Gasteiger partial charge in [-0.3, -0.25) is 0 Å². The number of hydrogen-bond acceptors (Lipinski definition) is 0. The summed E-state index contributed by atoms with van der Waals surface area (Å²) in [4.78, 5) is 0. The third-order valence-corrected chi connectivity index (χ3v) is 13.7. The SMILES string of the molecule is Bc1cc(B)c2c(c1B)c1c(B)c(-c3cc(B)c4c(c3B)c3c(B)c(B)cc(B)c3n4-c3ccccc3-c3ccccc3)cc(B)c1n2-c1ccc(-c2ccccc2)cc1. The summed E-state index contributed by atoms with van der Waals surface area (Å²) in [6.07, 6.45) is 0. The zero-order valence-electron chi connectivity index (χ0n) is 36.6. The summed E-state index contributed by atoms with van der Waals surface area (Å²) < 4.78 is 5.12. The fourth-order valence-corrected chi connectivity index (χ4v) is 10.6. The Balaban J connectivity index is 1.28. The fraction of sp³-hybridized carbons (Fsp3) is 0. The second-order valence-corrected chi connectivity index (χ2v) is 17.4. The third kappa shape index (κ3) is 5.63. The molecule has 0 amide bonds. The Kier molecular flexibility index (Phi) is 9.13. The van der Waals surface area contributed by atoms with E-state index >= 15 is 0 Å². The highest BCUT2D eigenvalue weighted by Crippen LogP contribution is 2.36. The van der Waals surface area contributed by atoms with E-state index in [0.29, 0.717) is 0 Å². The summed E-state index contributed by atoms with van der Waals surface area (Å²) in [5.74, 6) is 0. The average molecular weight is 755 g/mol. The number of nitrogens with zero attached hydrogens (tertiary/aromatic N) is 2. The van der Waals surface area contributed by atoms with E-state index in [1.807, 2.05) is 0 Å². The van der Waals surface area contributed by atoms with Gasteiger partial charge in [0.05, 0.1) is 5.69 Å². The van der Waals surface area contributed by atoms with Crippen LogP contribution >= 0.6 is 0 Å². The third-order valence-electron chi connectivity index (χ3n) is 13.7. The topological polar surface area (TPSA) is 9.86 Å². The Labute approximate surface area is 362 Å². The number of fused-ring (bicyclic) bond motifs is 6. The van der Waals surface area contributed by atoms with Gasteiger partial charge in [0.15, 0.2) is 0 Å². The maximum Gasteiger partial charge on any atom is 0.142 e. The van der Waals surface area contributed by atoms with Gasteiger partial charge in [-0.25, -0.2) is 0 Å². The van der Waals surface area contributed by atoms with Crippen molar-refractivity contribution >= 4 is 177 Å². The van der Waals surface area contributed by atoms with Crippen LogP contribution in [0.1, 0.15) is 0 Å². The van der Waals surface area contributed by atoms with E-state index in [9.17, 15) is 0 Å². The van der Waals surface area contributed by atoms with Crippen molar-refractivity contribution in [3.05, 3.63) is 133 Å². The molecular weight excluding hydrogens is 713 g/mol. The first-order valence-electron chi connectivity index (χ1n) is 21.4. The monoisotopic (exact) mass is 756 g/mol. The van der Waals surface area contributed by atoms with Crippen molar-refractivity contribution in [2.24, 2.45) is 0 Å². The van der Waals surface area contributed by atoms with Gasteiger partial charge >= 0.3 is 0 Å². The highest BCUT2D eigenvalue weighted by atomic mass is 15.0. The molecule has 8 aromatic carbocycles. The molecule has 0 spiro atoms. The number of para-hydroxylation sites is 1. The second kappa shape index (κ2) is 14.3. The standard InChI is InChI=1S/C48H42B10N2/c49-30-21-34(53)46-39(43(30)57)37-41(55)28(19-32(51)45(37)59(46)26-17-15-24(16-18-26)23-9-3-1-4-10-23)29-20-33(52)47-38(42(29)56)40-44(58)31(50)22-35(54)48(40)60(47)36-14-8-7-13-27(36)25-11-5-2-6-12-25/h1-22H,49-58H2. The van der Waals surface area contributed by atoms with Crippen molar-refractivity contribution in [2.75, 3.05) is 0 Å². The zero-order chi connectivity index (χ0) is 41.7. The second-order valence-electron chi connectivity index (χ2n) is 17.4. The number of rotatable bonds is 5. The Morgan fingerprint density at radius 1 is 0.283 bits per heavy atom. The van der Waals surface area contributed by atoms with Gasteiger partial charge in [-0.05, 0) is 56.8 Å². The Hall–Kier alpha value is -5.99. The van der Waals surface area contributed by atoms with Gasteiger partial charge in [0.2, 0.25) is 0 Å². The molecular formula is C48H42B10N2. The van der Waals surface area contributed by atoms with Crippen LogP contribution in [0, 0.1) is 0 Å². The minimum atomic E-state index is 1.19. The molecule has 2 heterocycles. The molecule has 0 N–H and O–H groups in total. The van der Waals surface area contributed by atoms with E-state index in [-0.39, 0.29) is 0 Å². The van der Waals surface area contributed by atoms with Crippen molar-refractivity contribution in [1.82, 2.24) is 9.13 Å². The number of hydrogen-bond donors (Lipinski definition) is 0. The van der Waals surface area contributed by atoms with Crippen molar-refractivity contribution < 1.29 is 0 Å². The molecule has 0 fully saturated rings. The predicted molar refractivity (Wildman–Crippen MR) is 293 cm³/mol. The summed E-state index contributed by atoms with van der Waals surface area (Å²) in [5, 5.41) is 5.44. The molecule has 274 valence electrons. The van der Waals surface area contributed by atoms with E-state index in [2.05, 4.69) is 221 Å². The molecule has 0 saturated heterocycles. The van der Waals surface area contributed by atoms with E-state index in [1.54, 1.807) is 0 Å². The summed E-state index contributed by atoms with van der Waals surface area (Å²) >= 11 is 0. The van der Waals surface area contributed by atoms with Gasteiger partial charge in [0, 0.05) is 44.1 Å². The maximum absolute atomic E-state index is 2.58. The van der Waals surface area contributed by atoms with Gasteiger partial charge in [0.1, 0.15) is 78.5 Å². The van der Waals surface area contributed by atoms with Crippen LogP contribution in [0.4, 0.5) is 0 Å². The molecule has 0 aliphatic heterocycles. The lowest BCUT2D eigenvalue weighted by Crippen LogP contribution is -2.32. The highest BCUT2D eigenvalue weighted by Gasteiger charge is 2.26. The Morgan fingerprint density at radius 2 is 0.667 bits per heavy atom. The molecule has 0 aliphatic carbocycles. The molecule has 2 aromatic heterocycles. The molecule has 0 unspecified atom stereocenters. The Morgan fingerprint density at radius 3 is 1.17 bits per heavy atom. The van der Waals surface area contributed by atoms with Crippen LogP contribution in [0.2, 0.25) is 0 Å². The van der Waals surface area contributed by atoms with Crippen molar-refractivity contribution in [2.45, 2.75) is 0 Å². The van der Waals surface area contributed by atoms with E-state index in [4.69, 9.17) is 0 Å². The first-order valence-corrected chi connectivity index (χ1v) is 21.4. The number of aromatic nitrogens is 2. The molecule has 2 nitrogen and oxygen atoms in total. The first-order chi connectivity index (χ1) is 29.0. The van der Waals surface area contributed by atoms with Crippen LogP contribution in [0.3, 0.4) is 0 Å². The molecule has 10 rings (SSSR count). The molecule has 0 radical (unpaired) electrons. The maximum atomic E-state index is 2.58. The minimum Gasteiger partial charge on any atom is -0.310 e. The summed E-state index contributed by atoms with van der Waals surface area (Å²) in [7, 11) is 23.1. The smallest absolute Gasteiger partial charge is 0.142 e.